The number of amides is 1. The van der Waals surface area contributed by atoms with E-state index in [4.69, 9.17) is 9.47 Å². The zero-order chi connectivity index (χ0) is 24.7. The molecule has 1 unspecified atom stereocenters. The van der Waals surface area contributed by atoms with Gasteiger partial charge in [-0.2, -0.15) is 4.31 Å². The Bertz CT molecular complexity index is 1090. The molecule has 0 saturated carbocycles. The van der Waals surface area contributed by atoms with Gasteiger partial charge in [0.25, 0.3) is 0 Å². The van der Waals surface area contributed by atoms with Crippen molar-refractivity contribution in [3.63, 3.8) is 0 Å². The van der Waals surface area contributed by atoms with Crippen LogP contribution in [0.25, 0.3) is 0 Å². The number of hydrogen-bond donors (Lipinski definition) is 1. The van der Waals surface area contributed by atoms with E-state index in [9.17, 15) is 13.2 Å². The Labute approximate surface area is 203 Å². The molecule has 1 aliphatic rings. The maximum absolute atomic E-state index is 13.0. The van der Waals surface area contributed by atoms with E-state index in [1.165, 1.54) is 5.56 Å². The number of benzene rings is 2. The van der Waals surface area contributed by atoms with E-state index in [0.717, 1.165) is 30.6 Å². The lowest BCUT2D eigenvalue weighted by Gasteiger charge is -2.26. The molecule has 1 amide bonds. The molecule has 0 spiro atoms. The van der Waals surface area contributed by atoms with Crippen LogP contribution in [0.15, 0.2) is 41.3 Å². The Hall–Kier alpha value is -2.58. The Balaban J connectivity index is 1.57. The van der Waals surface area contributed by atoms with Crippen molar-refractivity contribution in [2.24, 2.45) is 0 Å². The number of carbonyl (C=O) groups excluding carboxylic acids is 1. The molecule has 34 heavy (non-hydrogen) atoms. The lowest BCUT2D eigenvalue weighted by atomic mass is 10.1. The van der Waals surface area contributed by atoms with Gasteiger partial charge in [0.2, 0.25) is 15.9 Å². The van der Waals surface area contributed by atoms with Gasteiger partial charge in [-0.15, -0.1) is 0 Å². The maximum atomic E-state index is 13.0. The van der Waals surface area contributed by atoms with Crippen LogP contribution in [0.2, 0.25) is 0 Å². The van der Waals surface area contributed by atoms with Crippen LogP contribution < -0.4 is 14.8 Å². The van der Waals surface area contributed by atoms with Crippen LogP contribution >= 0.6 is 0 Å². The molecule has 3 rings (SSSR count). The van der Waals surface area contributed by atoms with Crippen LogP contribution in [0.1, 0.15) is 49.3 Å². The van der Waals surface area contributed by atoms with Gasteiger partial charge in [0, 0.05) is 19.5 Å². The summed E-state index contributed by atoms with van der Waals surface area (Å²) < 4.78 is 38.9. The molecule has 1 saturated heterocycles. The quantitative estimate of drug-likeness (QED) is 0.546. The number of rotatable bonds is 10. The van der Waals surface area contributed by atoms with Gasteiger partial charge in [-0.3, -0.25) is 4.79 Å². The van der Waals surface area contributed by atoms with Gasteiger partial charge in [0.15, 0.2) is 0 Å². The molecule has 1 atom stereocenters. The molecule has 0 aromatic heterocycles. The Morgan fingerprint density at radius 2 is 1.79 bits per heavy atom. The standard InChI is InChI=1S/C26H36N2O5S/c1-19-8-10-23(16-20(19)2)33-18-21(3)27-26(29)13-9-22-17-24(11-12-25(22)32-4)34(30,31)28-14-6-5-7-15-28/h8,10-12,16-17,21H,5-7,9,13-15,18H2,1-4H3,(H,27,29). The largest absolute Gasteiger partial charge is 0.496 e. The molecule has 1 heterocycles. The second kappa shape index (κ2) is 11.7. The predicted molar refractivity (Wildman–Crippen MR) is 133 cm³/mol. The van der Waals surface area contributed by atoms with Crippen LogP contribution in [-0.2, 0) is 21.2 Å². The number of methoxy groups -OCH3 is 1. The van der Waals surface area contributed by atoms with Crippen molar-refractivity contribution in [3.8, 4) is 11.5 Å². The van der Waals surface area contributed by atoms with E-state index >= 15 is 0 Å². The van der Waals surface area contributed by atoms with E-state index in [1.807, 2.05) is 32.0 Å². The van der Waals surface area contributed by atoms with Crippen LogP contribution in [0, 0.1) is 13.8 Å². The van der Waals surface area contributed by atoms with Gasteiger partial charge < -0.3 is 14.8 Å². The minimum Gasteiger partial charge on any atom is -0.496 e. The van der Waals surface area contributed by atoms with Crippen LogP contribution in [0.5, 0.6) is 11.5 Å². The summed E-state index contributed by atoms with van der Waals surface area (Å²) >= 11 is 0. The molecule has 0 aliphatic carbocycles. The zero-order valence-electron chi connectivity index (χ0n) is 20.6. The first kappa shape index (κ1) is 26.0. The molecule has 1 N–H and O–H groups in total. The monoisotopic (exact) mass is 488 g/mol. The maximum Gasteiger partial charge on any atom is 0.243 e. The van der Waals surface area contributed by atoms with E-state index in [0.29, 0.717) is 37.4 Å². The highest BCUT2D eigenvalue weighted by atomic mass is 32.2. The van der Waals surface area contributed by atoms with Crippen molar-refractivity contribution < 1.29 is 22.7 Å². The zero-order valence-corrected chi connectivity index (χ0v) is 21.4. The van der Waals surface area contributed by atoms with Gasteiger partial charge in [0.05, 0.1) is 18.0 Å². The molecule has 8 heteroatoms. The van der Waals surface area contributed by atoms with Gasteiger partial charge in [0.1, 0.15) is 18.1 Å². The minimum atomic E-state index is -3.55. The van der Waals surface area contributed by atoms with Crippen molar-refractivity contribution in [2.75, 3.05) is 26.8 Å². The van der Waals surface area contributed by atoms with Crippen LogP contribution in [-0.4, -0.2) is 51.5 Å². The number of aryl methyl sites for hydroxylation is 3. The lowest BCUT2D eigenvalue weighted by Crippen LogP contribution is -2.37. The van der Waals surface area contributed by atoms with Crippen molar-refractivity contribution >= 4 is 15.9 Å². The number of piperidine rings is 1. The minimum absolute atomic E-state index is 0.123. The van der Waals surface area contributed by atoms with E-state index < -0.39 is 10.0 Å². The normalized spacial score (nSPS) is 15.5. The molecule has 1 aliphatic heterocycles. The van der Waals surface area contributed by atoms with Gasteiger partial charge in [-0.25, -0.2) is 8.42 Å². The van der Waals surface area contributed by atoms with E-state index in [2.05, 4.69) is 12.2 Å². The number of ether oxygens (including phenoxy) is 2. The molecule has 1 fully saturated rings. The number of carbonyl (C=O) groups is 1. The lowest BCUT2D eigenvalue weighted by molar-refractivity contribution is -0.121. The summed E-state index contributed by atoms with van der Waals surface area (Å²) in [6, 6.07) is 10.7. The molecule has 0 radical (unpaired) electrons. The highest BCUT2D eigenvalue weighted by molar-refractivity contribution is 7.89. The molecule has 2 aromatic rings. The predicted octanol–water partition coefficient (Wildman–Crippen LogP) is 4.00. The fraction of sp³-hybridized carbons (Fsp3) is 0.500. The van der Waals surface area contributed by atoms with Gasteiger partial charge in [-0.1, -0.05) is 12.5 Å². The van der Waals surface area contributed by atoms with Crippen molar-refractivity contribution in [1.29, 1.82) is 0 Å². The van der Waals surface area contributed by atoms with E-state index in [-0.39, 0.29) is 23.3 Å². The first-order valence-corrected chi connectivity index (χ1v) is 13.3. The molecule has 0 bridgehead atoms. The summed E-state index contributed by atoms with van der Waals surface area (Å²) in [7, 11) is -2.00. The summed E-state index contributed by atoms with van der Waals surface area (Å²) in [4.78, 5) is 12.8. The van der Waals surface area contributed by atoms with Crippen molar-refractivity contribution in [3.05, 3.63) is 53.1 Å². The molecule has 186 valence electrons. The third kappa shape index (κ3) is 6.73. The second-order valence-electron chi connectivity index (χ2n) is 8.96. The second-order valence-corrected chi connectivity index (χ2v) is 10.9. The third-order valence-electron chi connectivity index (χ3n) is 6.21. The van der Waals surface area contributed by atoms with E-state index in [1.54, 1.807) is 29.6 Å². The summed E-state index contributed by atoms with van der Waals surface area (Å²) in [6.07, 6.45) is 3.42. The smallest absolute Gasteiger partial charge is 0.243 e. The third-order valence-corrected chi connectivity index (χ3v) is 8.11. The molecule has 2 aromatic carbocycles. The first-order chi connectivity index (χ1) is 16.2. The summed E-state index contributed by atoms with van der Waals surface area (Å²) in [5.74, 6) is 1.24. The highest BCUT2D eigenvalue weighted by Crippen LogP contribution is 2.27. The highest BCUT2D eigenvalue weighted by Gasteiger charge is 2.26. The number of nitrogens with one attached hydrogen (secondary N) is 1. The average molecular weight is 489 g/mol. The number of sulfonamides is 1. The summed E-state index contributed by atoms with van der Waals surface area (Å²) in [5, 5.41) is 2.95. The average Bonchev–Trinajstić information content (AvgIpc) is 2.83. The molecule has 7 nitrogen and oxygen atoms in total. The van der Waals surface area contributed by atoms with Crippen molar-refractivity contribution in [1.82, 2.24) is 9.62 Å². The fourth-order valence-electron chi connectivity index (χ4n) is 4.03. The Morgan fingerprint density at radius 1 is 1.06 bits per heavy atom. The topological polar surface area (TPSA) is 84.9 Å². The first-order valence-electron chi connectivity index (χ1n) is 11.9. The SMILES string of the molecule is COc1ccc(S(=O)(=O)N2CCCCC2)cc1CCC(=O)NC(C)COc1ccc(C)c(C)c1. The van der Waals surface area contributed by atoms with Crippen molar-refractivity contribution in [2.45, 2.75) is 63.8 Å². The van der Waals surface area contributed by atoms with Crippen LogP contribution in [0.4, 0.5) is 0 Å². The Morgan fingerprint density at radius 3 is 2.47 bits per heavy atom. The van der Waals surface area contributed by atoms with Gasteiger partial charge >= 0.3 is 0 Å². The van der Waals surface area contributed by atoms with Gasteiger partial charge in [-0.05, 0) is 87.1 Å². The molecular formula is C26H36N2O5S. The number of hydrogen-bond acceptors (Lipinski definition) is 5. The summed E-state index contributed by atoms with van der Waals surface area (Å²) in [5.41, 5.74) is 3.07. The summed E-state index contributed by atoms with van der Waals surface area (Å²) in [6.45, 7) is 7.44. The van der Waals surface area contributed by atoms with Crippen LogP contribution in [0.3, 0.4) is 0 Å². The Kier molecular flexibility index (Phi) is 8.97. The molecular weight excluding hydrogens is 452 g/mol. The fourth-order valence-corrected chi connectivity index (χ4v) is 5.60. The number of nitrogens with zero attached hydrogens (tertiary/aromatic N) is 1.